The first-order chi connectivity index (χ1) is 6.16. The minimum Gasteiger partial charge on any atom is -0.303 e. The van der Waals surface area contributed by atoms with Gasteiger partial charge in [0.1, 0.15) is 0 Å². The van der Waals surface area contributed by atoms with E-state index in [0.29, 0.717) is 0 Å². The second-order valence-corrected chi connectivity index (χ2v) is 3.77. The van der Waals surface area contributed by atoms with Crippen LogP contribution < -0.4 is 5.32 Å². The van der Waals surface area contributed by atoms with Crippen LogP contribution in [-0.2, 0) is 0 Å². The molecule has 1 nitrogen and oxygen atoms in total. The van der Waals surface area contributed by atoms with Crippen molar-refractivity contribution in [1.29, 1.82) is 0 Å². The third-order valence-electron chi connectivity index (χ3n) is 1.85. The maximum Gasteiger partial charge on any atom is 0.0575 e. The van der Waals surface area contributed by atoms with E-state index in [1.54, 1.807) is 0 Å². The summed E-state index contributed by atoms with van der Waals surface area (Å²) in [5, 5.41) is 3.30. The molecule has 1 fully saturated rings. The van der Waals surface area contributed by atoms with Crippen molar-refractivity contribution in [2.24, 2.45) is 0 Å². The molecule has 0 spiro atoms. The zero-order valence-corrected chi connectivity index (χ0v) is 8.90. The largest absolute Gasteiger partial charge is 0.303 e. The summed E-state index contributed by atoms with van der Waals surface area (Å²) in [6.45, 7) is 8.24. The number of rotatable bonds is 2. The van der Waals surface area contributed by atoms with E-state index in [4.69, 9.17) is 6.42 Å². The van der Waals surface area contributed by atoms with E-state index in [0.717, 1.165) is 12.6 Å². The lowest BCUT2D eigenvalue weighted by Crippen LogP contribution is -2.25. The average molecular weight is 179 g/mol. The molecule has 0 bridgehead atoms. The maximum atomic E-state index is 5.09. The Labute approximate surface area is 82.6 Å². The number of hydrogen-bond donors (Lipinski definition) is 1. The van der Waals surface area contributed by atoms with Crippen molar-refractivity contribution in [3.8, 4) is 12.3 Å². The van der Waals surface area contributed by atoms with Gasteiger partial charge in [-0.15, -0.1) is 13.0 Å². The Morgan fingerprint density at radius 2 is 1.92 bits per heavy atom. The van der Waals surface area contributed by atoms with Crippen LogP contribution in [0.3, 0.4) is 0 Å². The summed E-state index contributed by atoms with van der Waals surface area (Å²) in [6.07, 6.45) is 10.5. The highest BCUT2D eigenvalue weighted by Crippen LogP contribution is 2.16. The molecule has 0 saturated heterocycles. The summed E-state index contributed by atoms with van der Waals surface area (Å²) in [4.78, 5) is 0. The summed E-state index contributed by atoms with van der Waals surface area (Å²) in [7, 11) is 0. The Bertz CT molecular complexity index is 166. The van der Waals surface area contributed by atoms with Gasteiger partial charge in [-0.3, -0.25) is 0 Å². The third-order valence-corrected chi connectivity index (χ3v) is 1.85. The van der Waals surface area contributed by atoms with Gasteiger partial charge in [0.05, 0.1) is 6.54 Å². The lowest BCUT2D eigenvalue weighted by atomic mass is 10.2. The van der Waals surface area contributed by atoms with Gasteiger partial charge in [-0.25, -0.2) is 0 Å². The smallest absolute Gasteiger partial charge is 0.0575 e. The monoisotopic (exact) mass is 179 g/mol. The summed E-state index contributed by atoms with van der Waals surface area (Å²) in [5.41, 5.74) is 1.17. The fraction of sp³-hybridized carbons (Fsp3) is 0.667. The first-order valence-corrected chi connectivity index (χ1v) is 4.95. The van der Waals surface area contributed by atoms with Gasteiger partial charge < -0.3 is 5.32 Å². The van der Waals surface area contributed by atoms with E-state index in [1.807, 2.05) is 13.8 Å². The Hall–Kier alpha value is -0.740. The summed E-state index contributed by atoms with van der Waals surface area (Å²) >= 11 is 0. The van der Waals surface area contributed by atoms with Gasteiger partial charge in [-0.05, 0) is 26.7 Å². The lowest BCUT2D eigenvalue weighted by molar-refractivity contribution is 0.561. The molecule has 1 aliphatic rings. The average Bonchev–Trinajstić information content (AvgIpc) is 2.51. The van der Waals surface area contributed by atoms with Crippen LogP contribution in [0.2, 0.25) is 0 Å². The van der Waals surface area contributed by atoms with Crippen molar-refractivity contribution in [3.63, 3.8) is 0 Å². The van der Waals surface area contributed by atoms with Crippen molar-refractivity contribution >= 4 is 0 Å². The van der Waals surface area contributed by atoms with Crippen molar-refractivity contribution in [2.75, 3.05) is 6.54 Å². The zero-order chi connectivity index (χ0) is 10.1. The normalized spacial score (nSPS) is 15.8. The maximum absolute atomic E-state index is 5.09. The van der Waals surface area contributed by atoms with E-state index in [-0.39, 0.29) is 0 Å². The van der Waals surface area contributed by atoms with E-state index in [1.165, 1.54) is 31.3 Å². The minimum atomic E-state index is 0.723. The predicted molar refractivity (Wildman–Crippen MR) is 59.6 cm³/mol. The molecule has 0 aromatic rings. The summed E-state index contributed by atoms with van der Waals surface area (Å²) < 4.78 is 0. The van der Waals surface area contributed by atoms with E-state index < -0.39 is 0 Å². The molecular formula is C12H21N. The van der Waals surface area contributed by atoms with Crippen LogP contribution in [0, 0.1) is 12.3 Å². The molecule has 0 aliphatic heterocycles. The molecule has 0 radical (unpaired) electrons. The molecule has 74 valence electrons. The van der Waals surface area contributed by atoms with Gasteiger partial charge in [0.15, 0.2) is 0 Å². The second kappa shape index (κ2) is 7.89. The summed E-state index contributed by atoms with van der Waals surface area (Å²) in [5.74, 6) is 2.58. The molecule has 1 rings (SSSR count). The van der Waals surface area contributed by atoms with Crippen molar-refractivity contribution in [2.45, 2.75) is 45.6 Å². The predicted octanol–water partition coefficient (Wildman–Crippen LogP) is 2.73. The van der Waals surface area contributed by atoms with E-state index in [9.17, 15) is 0 Å². The van der Waals surface area contributed by atoms with E-state index >= 15 is 0 Å². The Balaban J connectivity index is 0.000000310. The molecular weight excluding hydrogens is 158 g/mol. The second-order valence-electron chi connectivity index (χ2n) is 3.77. The van der Waals surface area contributed by atoms with E-state index in [2.05, 4.69) is 17.8 Å². The molecule has 1 saturated carbocycles. The first kappa shape index (κ1) is 12.3. The number of terminal acetylenes is 1. The standard InChI is InChI=1S/C8H13N.C4H8/c1-2-7-9-8-5-3-4-6-8;1-4(2)3/h1,8-9H,3-7H2;1H2,2-3H3. The highest BCUT2D eigenvalue weighted by atomic mass is 14.9. The van der Waals surface area contributed by atoms with Crippen LogP contribution >= 0.6 is 0 Å². The molecule has 1 aliphatic carbocycles. The van der Waals surface area contributed by atoms with Crippen LogP contribution in [-0.4, -0.2) is 12.6 Å². The van der Waals surface area contributed by atoms with Crippen LogP contribution in [0.4, 0.5) is 0 Å². The Morgan fingerprint density at radius 3 is 2.31 bits per heavy atom. The highest BCUT2D eigenvalue weighted by molar-refractivity contribution is 4.89. The van der Waals surface area contributed by atoms with Gasteiger partial charge in [-0.2, -0.15) is 0 Å². The SMILES string of the molecule is C#CCNC1CCCC1.C=C(C)C. The van der Waals surface area contributed by atoms with Gasteiger partial charge in [0.2, 0.25) is 0 Å². The van der Waals surface area contributed by atoms with Crippen LogP contribution in [0.25, 0.3) is 0 Å². The number of nitrogens with one attached hydrogen (secondary N) is 1. The fourth-order valence-corrected chi connectivity index (χ4v) is 1.33. The van der Waals surface area contributed by atoms with Crippen LogP contribution in [0.1, 0.15) is 39.5 Å². The van der Waals surface area contributed by atoms with Crippen LogP contribution in [0.15, 0.2) is 12.2 Å². The van der Waals surface area contributed by atoms with Crippen molar-refractivity contribution in [3.05, 3.63) is 12.2 Å². The van der Waals surface area contributed by atoms with Gasteiger partial charge in [-0.1, -0.05) is 24.3 Å². The van der Waals surface area contributed by atoms with Crippen molar-refractivity contribution < 1.29 is 0 Å². The number of allylic oxidation sites excluding steroid dienone is 1. The minimum absolute atomic E-state index is 0.723. The third kappa shape index (κ3) is 9.17. The molecule has 0 amide bonds. The fourth-order valence-electron chi connectivity index (χ4n) is 1.33. The molecule has 13 heavy (non-hydrogen) atoms. The highest BCUT2D eigenvalue weighted by Gasteiger charge is 2.12. The van der Waals surface area contributed by atoms with Gasteiger partial charge >= 0.3 is 0 Å². The molecule has 0 aromatic heterocycles. The van der Waals surface area contributed by atoms with Crippen molar-refractivity contribution in [1.82, 2.24) is 5.32 Å². The Morgan fingerprint density at radius 1 is 1.46 bits per heavy atom. The summed E-state index contributed by atoms with van der Waals surface area (Å²) in [6, 6.07) is 0.723. The quantitative estimate of drug-likeness (QED) is 0.507. The molecule has 0 unspecified atom stereocenters. The molecule has 1 heteroatoms. The Kier molecular flexibility index (Phi) is 7.44. The van der Waals surface area contributed by atoms with Crippen LogP contribution in [0.5, 0.6) is 0 Å². The number of hydrogen-bond acceptors (Lipinski definition) is 1. The molecule has 0 atom stereocenters. The zero-order valence-electron chi connectivity index (χ0n) is 8.90. The first-order valence-electron chi connectivity index (χ1n) is 4.95. The molecule has 0 aromatic carbocycles. The van der Waals surface area contributed by atoms with Gasteiger partial charge in [0.25, 0.3) is 0 Å². The topological polar surface area (TPSA) is 12.0 Å². The molecule has 0 heterocycles. The molecule has 1 N–H and O–H groups in total. The van der Waals surface area contributed by atoms with Gasteiger partial charge in [0, 0.05) is 6.04 Å². The lowest BCUT2D eigenvalue weighted by Gasteiger charge is -2.06.